The van der Waals surface area contributed by atoms with E-state index in [0.717, 1.165) is 6.20 Å². The summed E-state index contributed by atoms with van der Waals surface area (Å²) < 4.78 is 21.9. The number of aryl methyl sites for hydroxylation is 1. The van der Waals surface area contributed by atoms with Crippen molar-refractivity contribution in [1.29, 1.82) is 0 Å². The van der Waals surface area contributed by atoms with Gasteiger partial charge >= 0.3 is 5.69 Å². The molecular weight excluding hydrogens is 455 g/mol. The van der Waals surface area contributed by atoms with Crippen LogP contribution in [0.4, 0.5) is 15.8 Å². The van der Waals surface area contributed by atoms with E-state index in [-0.39, 0.29) is 18.0 Å². The monoisotopic (exact) mass is 472 g/mol. The van der Waals surface area contributed by atoms with Gasteiger partial charge in [-0.05, 0) is 43.7 Å². The molecule has 0 bridgehead atoms. The number of amides is 1. The highest BCUT2D eigenvalue weighted by Gasteiger charge is 2.19. The number of carbonyl (C=O) groups is 1. The molecule has 0 fully saturated rings. The van der Waals surface area contributed by atoms with E-state index in [4.69, 9.17) is 16.0 Å². The number of carbonyl (C=O) groups excluding carboxylic acids is 1. The molecule has 0 unspecified atom stereocenters. The summed E-state index contributed by atoms with van der Waals surface area (Å²) >= 11 is 6.12. The normalized spacial score (nSPS) is 11.0. The summed E-state index contributed by atoms with van der Waals surface area (Å²) in [5, 5.41) is 22.2. The van der Waals surface area contributed by atoms with Crippen molar-refractivity contribution in [2.75, 3.05) is 5.32 Å². The number of aromatic nitrogens is 4. The molecular formula is C21H18ClFN6O4. The van der Waals surface area contributed by atoms with Crippen LogP contribution < -0.4 is 5.32 Å². The predicted octanol–water partition coefficient (Wildman–Crippen LogP) is 4.34. The Bertz CT molecular complexity index is 1360. The van der Waals surface area contributed by atoms with Gasteiger partial charge in [-0.25, -0.2) is 4.39 Å². The summed E-state index contributed by atoms with van der Waals surface area (Å²) in [7, 11) is 0. The van der Waals surface area contributed by atoms with Gasteiger partial charge in [0.25, 0.3) is 5.91 Å². The lowest BCUT2D eigenvalue weighted by molar-refractivity contribution is -0.385. The average molecular weight is 473 g/mol. The molecule has 0 aliphatic heterocycles. The third-order valence-corrected chi connectivity index (χ3v) is 5.34. The number of furan rings is 1. The van der Waals surface area contributed by atoms with Crippen LogP contribution in [-0.4, -0.2) is 30.4 Å². The molecule has 1 aromatic carbocycles. The number of anilines is 1. The zero-order valence-electron chi connectivity index (χ0n) is 17.6. The molecule has 3 heterocycles. The molecule has 12 heteroatoms. The van der Waals surface area contributed by atoms with Crippen LogP contribution in [0.1, 0.15) is 33.3 Å². The first-order valence-electron chi connectivity index (χ1n) is 9.76. The minimum atomic E-state index is -0.542. The fraction of sp³-hybridized carbons (Fsp3) is 0.190. The molecule has 0 saturated carbocycles. The molecule has 0 spiro atoms. The minimum Gasteiger partial charge on any atom is -0.454 e. The van der Waals surface area contributed by atoms with Crippen molar-refractivity contribution in [2.24, 2.45) is 0 Å². The Morgan fingerprint density at radius 1 is 1.27 bits per heavy atom. The SMILES string of the molecule is Cc1nn(Cc2ccc(F)cc2Cl)c(C)c1NC(=O)c1ccc(Cn2cc([N+](=O)[O-])cn2)o1. The zero-order chi connectivity index (χ0) is 23.7. The van der Waals surface area contributed by atoms with Gasteiger partial charge in [-0.2, -0.15) is 10.2 Å². The summed E-state index contributed by atoms with van der Waals surface area (Å²) in [6, 6.07) is 7.26. The smallest absolute Gasteiger partial charge is 0.307 e. The van der Waals surface area contributed by atoms with Crippen LogP contribution in [0.5, 0.6) is 0 Å². The highest BCUT2D eigenvalue weighted by Crippen LogP contribution is 2.24. The molecule has 0 saturated heterocycles. The molecule has 0 aliphatic carbocycles. The molecule has 3 aromatic heterocycles. The van der Waals surface area contributed by atoms with Gasteiger partial charge in [0.1, 0.15) is 24.0 Å². The summed E-state index contributed by atoms with van der Waals surface area (Å²) in [5.41, 5.74) is 2.37. The molecule has 1 amide bonds. The van der Waals surface area contributed by atoms with Crippen molar-refractivity contribution < 1.29 is 18.5 Å². The van der Waals surface area contributed by atoms with Crippen molar-refractivity contribution in [3.8, 4) is 0 Å². The molecule has 1 N–H and O–H groups in total. The van der Waals surface area contributed by atoms with Crippen LogP contribution in [0.2, 0.25) is 5.02 Å². The molecule has 0 atom stereocenters. The van der Waals surface area contributed by atoms with Crippen molar-refractivity contribution in [3.05, 3.63) is 92.2 Å². The number of nitrogens with one attached hydrogen (secondary N) is 1. The van der Waals surface area contributed by atoms with E-state index >= 15 is 0 Å². The molecule has 0 aliphatic rings. The maximum Gasteiger partial charge on any atom is 0.307 e. The standard InChI is InChI=1S/C21H18ClFN6O4/c1-12-20(13(2)28(26-12)9-14-3-4-15(23)7-18(14)22)25-21(30)19-6-5-17(33-19)11-27-10-16(8-24-27)29(31)32/h3-8,10H,9,11H2,1-2H3,(H,25,30). The van der Waals surface area contributed by atoms with E-state index < -0.39 is 16.6 Å². The van der Waals surface area contributed by atoms with E-state index in [1.54, 1.807) is 30.7 Å². The lowest BCUT2D eigenvalue weighted by atomic mass is 10.2. The summed E-state index contributed by atoms with van der Waals surface area (Å²) in [6.45, 7) is 3.99. The van der Waals surface area contributed by atoms with Crippen LogP contribution in [0, 0.1) is 29.8 Å². The number of rotatable bonds is 7. The first-order chi connectivity index (χ1) is 15.7. The number of benzene rings is 1. The molecule has 170 valence electrons. The van der Waals surface area contributed by atoms with E-state index in [1.807, 2.05) is 0 Å². The lowest BCUT2D eigenvalue weighted by Crippen LogP contribution is -2.12. The fourth-order valence-electron chi connectivity index (χ4n) is 3.30. The molecule has 0 radical (unpaired) electrons. The Labute approximate surface area is 191 Å². The number of halogens is 2. The topological polar surface area (TPSA) is 121 Å². The average Bonchev–Trinajstić information content (AvgIpc) is 3.47. The number of nitro groups is 1. The van der Waals surface area contributed by atoms with Gasteiger partial charge in [-0.1, -0.05) is 17.7 Å². The second-order valence-electron chi connectivity index (χ2n) is 7.31. The highest BCUT2D eigenvalue weighted by atomic mass is 35.5. The van der Waals surface area contributed by atoms with E-state index in [0.29, 0.717) is 40.0 Å². The zero-order valence-corrected chi connectivity index (χ0v) is 18.3. The maximum atomic E-state index is 13.3. The fourth-order valence-corrected chi connectivity index (χ4v) is 3.52. The third-order valence-electron chi connectivity index (χ3n) is 4.99. The van der Waals surface area contributed by atoms with Gasteiger partial charge in [-0.3, -0.25) is 24.3 Å². The molecule has 33 heavy (non-hydrogen) atoms. The van der Waals surface area contributed by atoms with Gasteiger partial charge in [0.15, 0.2) is 5.76 Å². The van der Waals surface area contributed by atoms with E-state index in [2.05, 4.69) is 15.5 Å². The van der Waals surface area contributed by atoms with Crippen molar-refractivity contribution >= 4 is 28.9 Å². The highest BCUT2D eigenvalue weighted by molar-refractivity contribution is 6.31. The summed E-state index contributed by atoms with van der Waals surface area (Å²) in [5.74, 6) is -0.417. The van der Waals surface area contributed by atoms with Gasteiger partial charge in [0, 0.05) is 5.02 Å². The quantitative estimate of drug-likeness (QED) is 0.315. The van der Waals surface area contributed by atoms with Crippen LogP contribution in [-0.2, 0) is 13.1 Å². The summed E-state index contributed by atoms with van der Waals surface area (Å²) in [4.78, 5) is 22.9. The molecule has 4 rings (SSSR count). The summed E-state index contributed by atoms with van der Waals surface area (Å²) in [6.07, 6.45) is 2.41. The Morgan fingerprint density at radius 2 is 2.06 bits per heavy atom. The minimum absolute atomic E-state index is 0.0692. The maximum absolute atomic E-state index is 13.3. The van der Waals surface area contributed by atoms with Gasteiger partial charge in [-0.15, -0.1) is 0 Å². The van der Waals surface area contributed by atoms with Crippen molar-refractivity contribution in [3.63, 3.8) is 0 Å². The van der Waals surface area contributed by atoms with Crippen LogP contribution in [0.3, 0.4) is 0 Å². The first kappa shape index (κ1) is 22.2. The van der Waals surface area contributed by atoms with Gasteiger partial charge in [0.05, 0.1) is 35.1 Å². The van der Waals surface area contributed by atoms with Crippen molar-refractivity contribution in [2.45, 2.75) is 26.9 Å². The lowest BCUT2D eigenvalue weighted by Gasteiger charge is -2.08. The van der Waals surface area contributed by atoms with Gasteiger partial charge in [0.2, 0.25) is 0 Å². The Kier molecular flexibility index (Phi) is 5.97. The van der Waals surface area contributed by atoms with E-state index in [1.165, 1.54) is 29.1 Å². The number of hydrogen-bond acceptors (Lipinski definition) is 6. The molecule has 4 aromatic rings. The Balaban J connectivity index is 1.47. The van der Waals surface area contributed by atoms with Gasteiger partial charge < -0.3 is 9.73 Å². The number of nitrogens with zero attached hydrogens (tertiary/aromatic N) is 5. The van der Waals surface area contributed by atoms with Crippen LogP contribution in [0.25, 0.3) is 0 Å². The third kappa shape index (κ3) is 4.77. The van der Waals surface area contributed by atoms with Crippen molar-refractivity contribution in [1.82, 2.24) is 19.6 Å². The van der Waals surface area contributed by atoms with Crippen LogP contribution in [0.15, 0.2) is 47.1 Å². The first-order valence-corrected chi connectivity index (χ1v) is 10.1. The second-order valence-corrected chi connectivity index (χ2v) is 7.72. The van der Waals surface area contributed by atoms with Crippen LogP contribution >= 0.6 is 11.6 Å². The largest absolute Gasteiger partial charge is 0.454 e. The Hall–Kier alpha value is -3.99. The molecule has 10 nitrogen and oxygen atoms in total. The Morgan fingerprint density at radius 3 is 2.76 bits per heavy atom. The number of hydrogen-bond donors (Lipinski definition) is 1. The van der Waals surface area contributed by atoms with E-state index in [9.17, 15) is 19.3 Å². The predicted molar refractivity (Wildman–Crippen MR) is 117 cm³/mol. The second kappa shape index (κ2) is 8.87.